The molecule has 0 radical (unpaired) electrons. The van der Waals surface area contributed by atoms with Crippen molar-refractivity contribution >= 4 is 5.96 Å². The summed E-state index contributed by atoms with van der Waals surface area (Å²) in [6.45, 7) is 12.9. The first kappa shape index (κ1) is 19.3. The number of hydrogen-bond donors (Lipinski definition) is 2. The van der Waals surface area contributed by atoms with Crippen LogP contribution >= 0.6 is 0 Å². The SMILES string of the molecule is CCOc1ccccc1CNC(=NC)NCCN(CC)C(C)C. The molecule has 0 amide bonds. The summed E-state index contributed by atoms with van der Waals surface area (Å²) in [6.07, 6.45) is 0. The normalized spacial score (nSPS) is 11.9. The van der Waals surface area contributed by atoms with E-state index in [1.165, 1.54) is 0 Å². The highest BCUT2D eigenvalue weighted by molar-refractivity contribution is 5.79. The highest BCUT2D eigenvalue weighted by atomic mass is 16.5. The monoisotopic (exact) mass is 320 g/mol. The molecule has 2 N–H and O–H groups in total. The quantitative estimate of drug-likeness (QED) is 0.542. The Kier molecular flexibility index (Phi) is 9.14. The van der Waals surface area contributed by atoms with E-state index in [0.29, 0.717) is 19.2 Å². The van der Waals surface area contributed by atoms with Gasteiger partial charge >= 0.3 is 0 Å². The molecule has 1 aromatic carbocycles. The minimum absolute atomic E-state index is 0.565. The van der Waals surface area contributed by atoms with E-state index >= 15 is 0 Å². The average Bonchev–Trinajstić information content (AvgIpc) is 2.55. The number of hydrogen-bond acceptors (Lipinski definition) is 3. The van der Waals surface area contributed by atoms with Gasteiger partial charge in [-0.05, 0) is 33.4 Å². The molecule has 0 aliphatic heterocycles. The topological polar surface area (TPSA) is 48.9 Å². The van der Waals surface area contributed by atoms with Gasteiger partial charge in [-0.3, -0.25) is 9.89 Å². The van der Waals surface area contributed by atoms with Gasteiger partial charge in [-0.2, -0.15) is 0 Å². The van der Waals surface area contributed by atoms with Crippen LogP contribution < -0.4 is 15.4 Å². The van der Waals surface area contributed by atoms with Crippen molar-refractivity contribution in [3.63, 3.8) is 0 Å². The fraction of sp³-hybridized carbons (Fsp3) is 0.611. The molecule has 1 aromatic rings. The Bertz CT molecular complexity index is 474. The maximum Gasteiger partial charge on any atom is 0.191 e. The molecule has 0 bridgehead atoms. The van der Waals surface area contributed by atoms with Crippen molar-refractivity contribution in [3.8, 4) is 5.75 Å². The Balaban J connectivity index is 2.46. The Morgan fingerprint density at radius 1 is 1.22 bits per heavy atom. The van der Waals surface area contributed by atoms with Gasteiger partial charge in [0.2, 0.25) is 0 Å². The van der Waals surface area contributed by atoms with E-state index in [4.69, 9.17) is 4.74 Å². The lowest BCUT2D eigenvalue weighted by Crippen LogP contribution is -2.42. The number of para-hydroxylation sites is 1. The summed E-state index contributed by atoms with van der Waals surface area (Å²) in [5, 5.41) is 6.71. The van der Waals surface area contributed by atoms with E-state index in [9.17, 15) is 0 Å². The highest BCUT2D eigenvalue weighted by Gasteiger charge is 2.07. The number of ether oxygens (including phenoxy) is 1. The third kappa shape index (κ3) is 6.91. The molecule has 0 aliphatic carbocycles. The maximum absolute atomic E-state index is 5.65. The van der Waals surface area contributed by atoms with Gasteiger partial charge in [-0.15, -0.1) is 0 Å². The van der Waals surface area contributed by atoms with Gasteiger partial charge in [0, 0.05) is 38.3 Å². The van der Waals surface area contributed by atoms with E-state index in [-0.39, 0.29) is 0 Å². The van der Waals surface area contributed by atoms with Gasteiger partial charge in [0.05, 0.1) is 6.61 Å². The molecule has 5 nitrogen and oxygen atoms in total. The lowest BCUT2D eigenvalue weighted by molar-refractivity contribution is 0.237. The van der Waals surface area contributed by atoms with Crippen LogP contribution in [0.4, 0.5) is 0 Å². The third-order valence-electron chi connectivity index (χ3n) is 3.77. The van der Waals surface area contributed by atoms with Crippen LogP contribution in [0, 0.1) is 0 Å². The zero-order chi connectivity index (χ0) is 17.1. The van der Waals surface area contributed by atoms with Crippen LogP contribution in [-0.2, 0) is 6.54 Å². The minimum Gasteiger partial charge on any atom is -0.494 e. The molecule has 130 valence electrons. The summed E-state index contributed by atoms with van der Waals surface area (Å²) in [7, 11) is 1.80. The summed E-state index contributed by atoms with van der Waals surface area (Å²) < 4.78 is 5.65. The second kappa shape index (κ2) is 10.9. The Morgan fingerprint density at radius 2 is 1.96 bits per heavy atom. The van der Waals surface area contributed by atoms with Crippen LogP contribution in [0.5, 0.6) is 5.75 Å². The number of likely N-dealkylation sites (N-methyl/N-ethyl adjacent to an activating group) is 1. The summed E-state index contributed by atoms with van der Waals surface area (Å²) in [5.74, 6) is 1.74. The molecule has 0 saturated heterocycles. The molecule has 0 heterocycles. The van der Waals surface area contributed by atoms with Crippen LogP contribution in [0.1, 0.15) is 33.3 Å². The molecule has 0 saturated carbocycles. The summed E-state index contributed by atoms with van der Waals surface area (Å²) in [6, 6.07) is 8.65. The molecule has 0 atom stereocenters. The van der Waals surface area contributed by atoms with Gasteiger partial charge in [-0.1, -0.05) is 25.1 Å². The van der Waals surface area contributed by atoms with Crippen molar-refractivity contribution in [1.29, 1.82) is 0 Å². The van der Waals surface area contributed by atoms with Crippen LogP contribution in [0.3, 0.4) is 0 Å². The van der Waals surface area contributed by atoms with E-state index < -0.39 is 0 Å². The Hall–Kier alpha value is -1.75. The van der Waals surface area contributed by atoms with Crippen molar-refractivity contribution < 1.29 is 4.74 Å². The van der Waals surface area contributed by atoms with Gasteiger partial charge in [-0.25, -0.2) is 0 Å². The number of rotatable bonds is 9. The van der Waals surface area contributed by atoms with Crippen LogP contribution in [-0.4, -0.2) is 50.2 Å². The van der Waals surface area contributed by atoms with Crippen LogP contribution in [0.2, 0.25) is 0 Å². The van der Waals surface area contributed by atoms with Gasteiger partial charge in [0.15, 0.2) is 5.96 Å². The molecular weight excluding hydrogens is 288 g/mol. The molecular formula is C18H32N4O. The molecule has 0 unspecified atom stereocenters. The van der Waals surface area contributed by atoms with E-state index in [2.05, 4.69) is 47.4 Å². The molecule has 0 aliphatic rings. The first-order valence-electron chi connectivity index (χ1n) is 8.51. The van der Waals surface area contributed by atoms with Gasteiger partial charge in [0.25, 0.3) is 0 Å². The zero-order valence-electron chi connectivity index (χ0n) is 15.2. The highest BCUT2D eigenvalue weighted by Crippen LogP contribution is 2.17. The molecule has 0 aromatic heterocycles. The van der Waals surface area contributed by atoms with Crippen molar-refractivity contribution in [2.75, 3.05) is 33.3 Å². The van der Waals surface area contributed by atoms with E-state index in [0.717, 1.165) is 36.9 Å². The van der Waals surface area contributed by atoms with Crippen molar-refractivity contribution in [1.82, 2.24) is 15.5 Å². The van der Waals surface area contributed by atoms with Gasteiger partial charge < -0.3 is 15.4 Å². The predicted octanol–water partition coefficient (Wildman–Crippen LogP) is 2.48. The summed E-state index contributed by atoms with van der Waals surface area (Å²) >= 11 is 0. The number of aliphatic imine (C=N–C) groups is 1. The molecule has 1 rings (SSSR count). The lowest BCUT2D eigenvalue weighted by atomic mass is 10.2. The first-order valence-corrected chi connectivity index (χ1v) is 8.51. The standard InChI is InChI=1S/C18H32N4O/c1-6-22(15(3)4)13-12-20-18(19-5)21-14-16-10-8-9-11-17(16)23-7-2/h8-11,15H,6-7,12-14H2,1-5H3,(H2,19,20,21). The summed E-state index contributed by atoms with van der Waals surface area (Å²) in [5.41, 5.74) is 1.13. The van der Waals surface area contributed by atoms with Gasteiger partial charge in [0.1, 0.15) is 5.75 Å². The van der Waals surface area contributed by atoms with Crippen molar-refractivity contribution in [2.45, 2.75) is 40.3 Å². The Labute approximate surface area is 141 Å². The van der Waals surface area contributed by atoms with Crippen LogP contribution in [0.25, 0.3) is 0 Å². The van der Waals surface area contributed by atoms with Crippen molar-refractivity contribution in [3.05, 3.63) is 29.8 Å². The van der Waals surface area contributed by atoms with E-state index in [1.807, 2.05) is 25.1 Å². The third-order valence-corrected chi connectivity index (χ3v) is 3.77. The summed E-state index contributed by atoms with van der Waals surface area (Å²) in [4.78, 5) is 6.70. The first-order chi connectivity index (χ1) is 11.1. The second-order valence-corrected chi connectivity index (χ2v) is 5.62. The molecule has 23 heavy (non-hydrogen) atoms. The van der Waals surface area contributed by atoms with Crippen LogP contribution in [0.15, 0.2) is 29.3 Å². The van der Waals surface area contributed by atoms with E-state index in [1.54, 1.807) is 7.05 Å². The maximum atomic E-state index is 5.65. The molecule has 5 heteroatoms. The zero-order valence-corrected chi connectivity index (χ0v) is 15.2. The number of guanidine groups is 1. The smallest absolute Gasteiger partial charge is 0.191 e. The molecule has 0 fully saturated rings. The number of benzene rings is 1. The molecule has 0 spiro atoms. The largest absolute Gasteiger partial charge is 0.494 e. The average molecular weight is 320 g/mol. The lowest BCUT2D eigenvalue weighted by Gasteiger charge is -2.25. The Morgan fingerprint density at radius 3 is 2.57 bits per heavy atom. The van der Waals surface area contributed by atoms with Crippen molar-refractivity contribution in [2.24, 2.45) is 4.99 Å². The number of nitrogens with zero attached hydrogens (tertiary/aromatic N) is 2. The fourth-order valence-electron chi connectivity index (χ4n) is 2.45. The predicted molar refractivity (Wildman–Crippen MR) is 98.2 cm³/mol. The minimum atomic E-state index is 0.565. The second-order valence-electron chi connectivity index (χ2n) is 5.62. The number of nitrogens with one attached hydrogen (secondary N) is 2. The fourth-order valence-corrected chi connectivity index (χ4v) is 2.45.